The van der Waals surface area contributed by atoms with Gasteiger partial charge in [0.1, 0.15) is 0 Å². The van der Waals surface area contributed by atoms with Crippen LogP contribution in [0.2, 0.25) is 0 Å². The lowest BCUT2D eigenvalue weighted by atomic mass is 10.1. The number of carbonyl (C=O) groups is 1. The average molecular weight is 221 g/mol. The van der Waals surface area contributed by atoms with Crippen LogP contribution in [0.15, 0.2) is 18.8 Å². The molecule has 0 radical (unpaired) electrons. The fourth-order valence-electron chi connectivity index (χ4n) is 1.18. The van der Waals surface area contributed by atoms with Gasteiger partial charge in [-0.05, 0) is 6.42 Å². The van der Waals surface area contributed by atoms with Crippen LogP contribution in [-0.2, 0) is 4.74 Å². The van der Waals surface area contributed by atoms with Crippen LogP contribution in [0.3, 0.4) is 0 Å². The number of rotatable bonds is 5. The highest BCUT2D eigenvalue weighted by Crippen LogP contribution is 2.16. The van der Waals surface area contributed by atoms with E-state index in [-0.39, 0.29) is 0 Å². The van der Waals surface area contributed by atoms with Crippen molar-refractivity contribution < 1.29 is 14.3 Å². The monoisotopic (exact) mass is 221 g/mol. The number of aromatic nitrogens is 1. The maximum Gasteiger partial charge on any atom is 0.338 e. The molecule has 0 bridgehead atoms. The summed E-state index contributed by atoms with van der Waals surface area (Å²) in [6, 6.07) is 1.57. The molecule has 0 aliphatic carbocycles. The van der Waals surface area contributed by atoms with Crippen molar-refractivity contribution in [2.45, 2.75) is 13.3 Å². The second-order valence-electron chi connectivity index (χ2n) is 3.15. The van der Waals surface area contributed by atoms with Crippen LogP contribution in [0.25, 0.3) is 6.08 Å². The molecule has 1 heterocycles. The SMILES string of the molecule is C=Cc1cnc(OCCC)cc1C(=O)OC. The molecule has 0 unspecified atom stereocenters. The maximum atomic E-state index is 11.5. The summed E-state index contributed by atoms with van der Waals surface area (Å²) in [6.45, 7) is 6.18. The summed E-state index contributed by atoms with van der Waals surface area (Å²) < 4.78 is 10.0. The third kappa shape index (κ3) is 2.82. The van der Waals surface area contributed by atoms with Crippen molar-refractivity contribution in [3.63, 3.8) is 0 Å². The van der Waals surface area contributed by atoms with Gasteiger partial charge in [-0.2, -0.15) is 0 Å². The van der Waals surface area contributed by atoms with Crippen molar-refractivity contribution in [2.75, 3.05) is 13.7 Å². The Morgan fingerprint density at radius 1 is 1.62 bits per heavy atom. The minimum Gasteiger partial charge on any atom is -0.478 e. The highest BCUT2D eigenvalue weighted by Gasteiger charge is 2.12. The van der Waals surface area contributed by atoms with Gasteiger partial charge in [0.05, 0.1) is 19.3 Å². The van der Waals surface area contributed by atoms with E-state index in [1.807, 2.05) is 6.92 Å². The summed E-state index contributed by atoms with van der Waals surface area (Å²) in [6.07, 6.45) is 3.99. The average Bonchev–Trinajstić information content (AvgIpc) is 2.35. The predicted molar refractivity (Wildman–Crippen MR) is 61.5 cm³/mol. The zero-order valence-electron chi connectivity index (χ0n) is 9.53. The van der Waals surface area contributed by atoms with Gasteiger partial charge in [-0.1, -0.05) is 19.6 Å². The Kier molecular flexibility index (Phi) is 4.51. The molecule has 0 spiro atoms. The molecule has 0 saturated heterocycles. The molecule has 0 aromatic carbocycles. The fourth-order valence-corrected chi connectivity index (χ4v) is 1.18. The van der Waals surface area contributed by atoms with Crippen LogP contribution in [0.1, 0.15) is 29.3 Å². The Labute approximate surface area is 94.9 Å². The van der Waals surface area contributed by atoms with Crippen LogP contribution >= 0.6 is 0 Å². The Balaban J connectivity index is 3.01. The lowest BCUT2D eigenvalue weighted by molar-refractivity contribution is 0.0599. The van der Waals surface area contributed by atoms with Gasteiger partial charge in [0.25, 0.3) is 0 Å². The molecule has 86 valence electrons. The third-order valence-electron chi connectivity index (χ3n) is 1.99. The summed E-state index contributed by atoms with van der Waals surface area (Å²) in [5.74, 6) is 0.00602. The highest BCUT2D eigenvalue weighted by atomic mass is 16.5. The van der Waals surface area contributed by atoms with Gasteiger partial charge >= 0.3 is 5.97 Å². The molecule has 1 rings (SSSR count). The van der Waals surface area contributed by atoms with Gasteiger partial charge in [-0.15, -0.1) is 0 Å². The second-order valence-corrected chi connectivity index (χ2v) is 3.15. The first kappa shape index (κ1) is 12.2. The van der Waals surface area contributed by atoms with E-state index in [1.54, 1.807) is 18.3 Å². The van der Waals surface area contributed by atoms with E-state index in [2.05, 4.69) is 16.3 Å². The molecule has 0 N–H and O–H groups in total. The summed E-state index contributed by atoms with van der Waals surface area (Å²) in [5.41, 5.74) is 1.05. The molecule has 1 aromatic heterocycles. The quantitative estimate of drug-likeness (QED) is 0.716. The summed E-state index contributed by atoms with van der Waals surface area (Å²) in [4.78, 5) is 15.5. The van der Waals surface area contributed by atoms with Crippen LogP contribution in [0.4, 0.5) is 0 Å². The van der Waals surface area contributed by atoms with Gasteiger partial charge in [0, 0.05) is 17.8 Å². The molecule has 0 amide bonds. The lowest BCUT2D eigenvalue weighted by Gasteiger charge is -2.07. The van der Waals surface area contributed by atoms with Crippen LogP contribution in [-0.4, -0.2) is 24.7 Å². The van der Waals surface area contributed by atoms with E-state index in [0.29, 0.717) is 23.6 Å². The van der Waals surface area contributed by atoms with E-state index < -0.39 is 5.97 Å². The van der Waals surface area contributed by atoms with Gasteiger partial charge in [0.15, 0.2) is 0 Å². The van der Waals surface area contributed by atoms with E-state index in [4.69, 9.17) is 4.74 Å². The van der Waals surface area contributed by atoms with Crippen LogP contribution in [0, 0.1) is 0 Å². The zero-order chi connectivity index (χ0) is 12.0. The van der Waals surface area contributed by atoms with Crippen LogP contribution in [0.5, 0.6) is 5.88 Å². The minimum atomic E-state index is -0.418. The number of methoxy groups -OCH3 is 1. The van der Waals surface area contributed by atoms with E-state index in [9.17, 15) is 4.79 Å². The second kappa shape index (κ2) is 5.90. The first-order valence-electron chi connectivity index (χ1n) is 5.06. The smallest absolute Gasteiger partial charge is 0.338 e. The van der Waals surface area contributed by atoms with Gasteiger partial charge < -0.3 is 9.47 Å². The summed E-state index contributed by atoms with van der Waals surface area (Å²) in [7, 11) is 1.34. The molecule has 0 atom stereocenters. The van der Waals surface area contributed by atoms with Crippen molar-refractivity contribution in [2.24, 2.45) is 0 Å². The maximum absolute atomic E-state index is 11.5. The summed E-state index contributed by atoms with van der Waals surface area (Å²) >= 11 is 0. The number of nitrogens with zero attached hydrogens (tertiary/aromatic N) is 1. The first-order valence-corrected chi connectivity index (χ1v) is 5.06. The van der Waals surface area contributed by atoms with Crippen LogP contribution < -0.4 is 4.74 Å². The highest BCUT2D eigenvalue weighted by molar-refractivity contribution is 5.93. The van der Waals surface area contributed by atoms with Crippen molar-refractivity contribution >= 4 is 12.0 Å². The van der Waals surface area contributed by atoms with Crippen molar-refractivity contribution in [1.82, 2.24) is 4.98 Å². The molecule has 0 aliphatic rings. The molecule has 1 aromatic rings. The minimum absolute atomic E-state index is 0.415. The Bertz CT molecular complexity index is 388. The number of carbonyl (C=O) groups excluding carboxylic acids is 1. The molecular weight excluding hydrogens is 206 g/mol. The van der Waals surface area contributed by atoms with Crippen molar-refractivity contribution in [3.8, 4) is 5.88 Å². The van der Waals surface area contributed by atoms with E-state index in [1.165, 1.54) is 7.11 Å². The number of hydrogen-bond acceptors (Lipinski definition) is 4. The molecule has 0 saturated carbocycles. The normalized spacial score (nSPS) is 9.62. The Hall–Kier alpha value is -1.84. The summed E-state index contributed by atoms with van der Waals surface area (Å²) in [5, 5.41) is 0. The molecule has 0 fully saturated rings. The molecule has 4 heteroatoms. The molecular formula is C12H15NO3. The predicted octanol–water partition coefficient (Wildman–Crippen LogP) is 2.30. The van der Waals surface area contributed by atoms with E-state index >= 15 is 0 Å². The third-order valence-corrected chi connectivity index (χ3v) is 1.99. The van der Waals surface area contributed by atoms with Crippen molar-refractivity contribution in [3.05, 3.63) is 30.0 Å². The lowest BCUT2D eigenvalue weighted by Crippen LogP contribution is -2.06. The van der Waals surface area contributed by atoms with E-state index in [0.717, 1.165) is 6.42 Å². The first-order chi connectivity index (χ1) is 7.72. The number of esters is 1. The zero-order valence-corrected chi connectivity index (χ0v) is 9.53. The largest absolute Gasteiger partial charge is 0.478 e. The molecule has 16 heavy (non-hydrogen) atoms. The van der Waals surface area contributed by atoms with Gasteiger partial charge in [0.2, 0.25) is 5.88 Å². The standard InChI is InChI=1S/C12H15NO3/c1-4-6-16-11-7-10(12(14)15-3)9(5-2)8-13-11/h5,7-8H,2,4,6H2,1,3H3. The molecule has 0 aliphatic heterocycles. The Morgan fingerprint density at radius 3 is 2.94 bits per heavy atom. The molecule has 4 nitrogen and oxygen atoms in total. The number of ether oxygens (including phenoxy) is 2. The number of hydrogen-bond donors (Lipinski definition) is 0. The van der Waals surface area contributed by atoms with Crippen molar-refractivity contribution in [1.29, 1.82) is 0 Å². The Morgan fingerprint density at radius 2 is 2.38 bits per heavy atom. The fraction of sp³-hybridized carbons (Fsp3) is 0.333. The topological polar surface area (TPSA) is 48.4 Å². The van der Waals surface area contributed by atoms with Gasteiger partial charge in [-0.25, -0.2) is 9.78 Å². The number of pyridine rings is 1. The van der Waals surface area contributed by atoms with Gasteiger partial charge in [-0.3, -0.25) is 0 Å².